The van der Waals surface area contributed by atoms with Crippen molar-refractivity contribution < 1.29 is 4.74 Å². The molecule has 0 fully saturated rings. The van der Waals surface area contributed by atoms with Gasteiger partial charge in [0.25, 0.3) is 0 Å². The Hall–Kier alpha value is -1.81. The Kier molecular flexibility index (Phi) is 5.24. The topological polar surface area (TPSA) is 47.0 Å². The van der Waals surface area contributed by atoms with Crippen LogP contribution in [0.3, 0.4) is 0 Å². The lowest BCUT2D eigenvalue weighted by molar-refractivity contribution is 0.323. The Balaban J connectivity index is 1.94. The quantitative estimate of drug-likeness (QED) is 0.662. The van der Waals surface area contributed by atoms with Crippen molar-refractivity contribution in [2.75, 3.05) is 18.5 Å². The molecule has 4 nitrogen and oxygen atoms in total. The second-order valence-electron chi connectivity index (χ2n) is 6.16. The smallest absolute Gasteiger partial charge is 0.137 e. The average molecular weight is 320 g/mol. The molecule has 0 spiro atoms. The van der Waals surface area contributed by atoms with Crippen molar-refractivity contribution in [2.24, 2.45) is 0 Å². The molecule has 0 aliphatic carbocycles. The molecule has 22 heavy (non-hydrogen) atoms. The number of anilines is 1. The van der Waals surface area contributed by atoms with E-state index >= 15 is 0 Å². The molecule has 0 saturated carbocycles. The van der Waals surface area contributed by atoms with Crippen LogP contribution < -0.4 is 10.1 Å². The van der Waals surface area contributed by atoms with E-state index in [2.05, 4.69) is 42.1 Å². The standard InChI is InChI=1S/C17H22ClN3O/c1-12-15(18)20-11-21-16(12)19-9-10-22-14-8-6-5-7-13(14)17(2,3)4/h5-8,11H,9-10H2,1-4H3,(H,19,20,21). The van der Waals surface area contributed by atoms with E-state index in [4.69, 9.17) is 16.3 Å². The van der Waals surface area contributed by atoms with Crippen LogP contribution in [-0.2, 0) is 5.41 Å². The molecule has 5 heteroatoms. The van der Waals surface area contributed by atoms with Gasteiger partial charge in [-0.2, -0.15) is 0 Å². The van der Waals surface area contributed by atoms with Gasteiger partial charge >= 0.3 is 0 Å². The van der Waals surface area contributed by atoms with Gasteiger partial charge in [-0.15, -0.1) is 0 Å². The maximum atomic E-state index is 5.97. The van der Waals surface area contributed by atoms with Gasteiger partial charge in [0.05, 0.1) is 6.54 Å². The Morgan fingerprint density at radius 1 is 1.18 bits per heavy atom. The van der Waals surface area contributed by atoms with Gasteiger partial charge in [0, 0.05) is 5.56 Å². The predicted molar refractivity (Wildman–Crippen MR) is 90.9 cm³/mol. The third-order valence-corrected chi connectivity index (χ3v) is 3.75. The number of nitrogens with zero attached hydrogens (tertiary/aromatic N) is 2. The number of ether oxygens (including phenoxy) is 1. The number of hydrogen-bond acceptors (Lipinski definition) is 4. The molecule has 0 saturated heterocycles. The van der Waals surface area contributed by atoms with E-state index < -0.39 is 0 Å². The molecule has 118 valence electrons. The molecule has 2 aromatic rings. The molecule has 0 atom stereocenters. The highest BCUT2D eigenvalue weighted by Crippen LogP contribution is 2.30. The van der Waals surface area contributed by atoms with Crippen molar-refractivity contribution in [3.63, 3.8) is 0 Å². The summed E-state index contributed by atoms with van der Waals surface area (Å²) in [5.74, 6) is 1.67. The minimum Gasteiger partial charge on any atom is -0.491 e. The van der Waals surface area contributed by atoms with Gasteiger partial charge < -0.3 is 10.1 Å². The molecule has 0 bridgehead atoms. The van der Waals surface area contributed by atoms with Crippen LogP contribution in [-0.4, -0.2) is 23.1 Å². The van der Waals surface area contributed by atoms with Crippen LogP contribution in [0.25, 0.3) is 0 Å². The van der Waals surface area contributed by atoms with Crippen LogP contribution in [0.2, 0.25) is 5.15 Å². The van der Waals surface area contributed by atoms with Crippen molar-refractivity contribution in [1.29, 1.82) is 0 Å². The lowest BCUT2D eigenvalue weighted by Crippen LogP contribution is -2.17. The van der Waals surface area contributed by atoms with Crippen molar-refractivity contribution in [3.8, 4) is 5.75 Å². The summed E-state index contributed by atoms with van der Waals surface area (Å²) in [5.41, 5.74) is 2.11. The summed E-state index contributed by atoms with van der Waals surface area (Å²) >= 11 is 5.97. The first-order chi connectivity index (χ1) is 10.4. The number of benzene rings is 1. The van der Waals surface area contributed by atoms with Gasteiger partial charge in [0.1, 0.15) is 29.7 Å². The Bertz CT molecular complexity index is 638. The Labute approximate surface area is 136 Å². The maximum Gasteiger partial charge on any atom is 0.137 e. The van der Waals surface area contributed by atoms with Crippen LogP contribution in [0.15, 0.2) is 30.6 Å². The number of hydrogen-bond donors (Lipinski definition) is 1. The monoisotopic (exact) mass is 319 g/mol. The molecule has 1 heterocycles. The molecule has 0 unspecified atom stereocenters. The summed E-state index contributed by atoms with van der Waals surface area (Å²) in [7, 11) is 0. The zero-order chi connectivity index (χ0) is 16.2. The molecular weight excluding hydrogens is 298 g/mol. The largest absolute Gasteiger partial charge is 0.491 e. The summed E-state index contributed by atoms with van der Waals surface area (Å²) in [6.07, 6.45) is 1.45. The lowest BCUT2D eigenvalue weighted by Gasteiger charge is -2.22. The first-order valence-corrected chi connectivity index (χ1v) is 7.70. The van der Waals surface area contributed by atoms with Crippen molar-refractivity contribution in [2.45, 2.75) is 33.1 Å². The number of para-hydroxylation sites is 1. The molecule has 1 aromatic heterocycles. The summed E-state index contributed by atoms with van der Waals surface area (Å²) in [4.78, 5) is 8.12. The maximum absolute atomic E-state index is 5.97. The SMILES string of the molecule is Cc1c(Cl)ncnc1NCCOc1ccccc1C(C)(C)C. The summed E-state index contributed by atoms with van der Waals surface area (Å²) in [6.45, 7) is 9.63. The van der Waals surface area contributed by atoms with E-state index in [-0.39, 0.29) is 5.41 Å². The minimum atomic E-state index is 0.0563. The van der Waals surface area contributed by atoms with E-state index in [9.17, 15) is 0 Å². The van der Waals surface area contributed by atoms with Crippen LogP contribution in [0, 0.1) is 6.92 Å². The van der Waals surface area contributed by atoms with Crippen LogP contribution >= 0.6 is 11.6 Å². The third kappa shape index (κ3) is 4.10. The molecular formula is C17H22ClN3O. The van der Waals surface area contributed by atoms with E-state index in [1.165, 1.54) is 11.9 Å². The van der Waals surface area contributed by atoms with Gasteiger partial charge in [0.2, 0.25) is 0 Å². The first kappa shape index (κ1) is 16.6. The third-order valence-electron chi connectivity index (χ3n) is 3.37. The zero-order valence-electron chi connectivity index (χ0n) is 13.5. The second-order valence-corrected chi connectivity index (χ2v) is 6.52. The van der Waals surface area contributed by atoms with Crippen LogP contribution in [0.1, 0.15) is 31.9 Å². The lowest BCUT2D eigenvalue weighted by atomic mass is 9.86. The van der Waals surface area contributed by atoms with E-state index in [1.807, 2.05) is 25.1 Å². The van der Waals surface area contributed by atoms with Crippen molar-refractivity contribution >= 4 is 17.4 Å². The number of nitrogens with one attached hydrogen (secondary N) is 1. The molecule has 0 radical (unpaired) electrons. The summed E-state index contributed by atoms with van der Waals surface area (Å²) in [5, 5.41) is 3.69. The van der Waals surface area contributed by atoms with Crippen molar-refractivity contribution in [1.82, 2.24) is 9.97 Å². The Morgan fingerprint density at radius 2 is 1.91 bits per heavy atom. The highest BCUT2D eigenvalue weighted by Gasteiger charge is 2.18. The van der Waals surface area contributed by atoms with Gasteiger partial charge in [-0.3, -0.25) is 0 Å². The normalized spacial score (nSPS) is 11.3. The van der Waals surface area contributed by atoms with Gasteiger partial charge in [-0.1, -0.05) is 50.6 Å². The van der Waals surface area contributed by atoms with Gasteiger partial charge in [-0.25, -0.2) is 9.97 Å². The van der Waals surface area contributed by atoms with Crippen LogP contribution in [0.4, 0.5) is 5.82 Å². The highest BCUT2D eigenvalue weighted by molar-refractivity contribution is 6.30. The summed E-state index contributed by atoms with van der Waals surface area (Å²) in [6, 6.07) is 8.15. The van der Waals surface area contributed by atoms with E-state index in [0.29, 0.717) is 18.3 Å². The molecule has 0 amide bonds. The number of halogens is 1. The van der Waals surface area contributed by atoms with E-state index in [0.717, 1.165) is 17.1 Å². The zero-order valence-corrected chi connectivity index (χ0v) is 14.2. The summed E-state index contributed by atoms with van der Waals surface area (Å²) < 4.78 is 5.92. The minimum absolute atomic E-state index is 0.0563. The van der Waals surface area contributed by atoms with Crippen LogP contribution in [0.5, 0.6) is 5.75 Å². The molecule has 1 N–H and O–H groups in total. The predicted octanol–water partition coefficient (Wildman–Crippen LogP) is 4.23. The molecule has 1 aromatic carbocycles. The highest BCUT2D eigenvalue weighted by atomic mass is 35.5. The molecule has 0 aliphatic rings. The molecule has 2 rings (SSSR count). The fraction of sp³-hybridized carbons (Fsp3) is 0.412. The van der Waals surface area contributed by atoms with Crippen molar-refractivity contribution in [3.05, 3.63) is 46.9 Å². The fourth-order valence-corrected chi connectivity index (χ4v) is 2.28. The average Bonchev–Trinajstić information content (AvgIpc) is 2.47. The van der Waals surface area contributed by atoms with Gasteiger partial charge in [0.15, 0.2) is 0 Å². The van der Waals surface area contributed by atoms with Gasteiger partial charge in [-0.05, 0) is 24.0 Å². The second kappa shape index (κ2) is 6.97. The number of rotatable bonds is 5. The number of aromatic nitrogens is 2. The molecule has 0 aliphatic heterocycles. The fourth-order valence-electron chi connectivity index (χ4n) is 2.15. The van der Waals surface area contributed by atoms with E-state index in [1.54, 1.807) is 0 Å². The first-order valence-electron chi connectivity index (χ1n) is 7.33. The Morgan fingerprint density at radius 3 is 2.64 bits per heavy atom.